The van der Waals surface area contributed by atoms with Crippen molar-refractivity contribution in [1.29, 1.82) is 0 Å². The van der Waals surface area contributed by atoms with E-state index in [2.05, 4.69) is 10.3 Å². The first-order valence-corrected chi connectivity index (χ1v) is 7.32. The summed E-state index contributed by atoms with van der Waals surface area (Å²) in [6, 6.07) is 7.92. The fraction of sp³-hybridized carbons (Fsp3) is 0.438. The molecule has 3 rings (SSSR count). The quantitative estimate of drug-likeness (QED) is 0.803. The largest absolute Gasteiger partial charge is 0.361 e. The van der Waals surface area contributed by atoms with Gasteiger partial charge in [-0.15, -0.1) is 0 Å². The maximum absolute atomic E-state index is 12.6. The van der Waals surface area contributed by atoms with Gasteiger partial charge in [0.05, 0.1) is 5.41 Å². The number of aromatic amines is 1. The Hall–Kier alpha value is -1.81. The van der Waals surface area contributed by atoms with Gasteiger partial charge in [0.25, 0.3) is 0 Å². The number of hydrogen-bond donors (Lipinski definition) is 3. The van der Waals surface area contributed by atoms with Crippen molar-refractivity contribution in [2.75, 3.05) is 11.9 Å². The lowest BCUT2D eigenvalue weighted by atomic mass is 9.73. The minimum Gasteiger partial charge on any atom is -0.361 e. The van der Waals surface area contributed by atoms with Crippen LogP contribution in [0, 0.1) is 5.41 Å². The lowest BCUT2D eigenvalue weighted by molar-refractivity contribution is -0.126. The van der Waals surface area contributed by atoms with Crippen LogP contribution in [0.1, 0.15) is 32.1 Å². The average Bonchev–Trinajstić information content (AvgIpc) is 2.95. The lowest BCUT2D eigenvalue weighted by Crippen LogP contribution is -2.43. The van der Waals surface area contributed by atoms with E-state index in [-0.39, 0.29) is 11.3 Å². The molecule has 0 radical (unpaired) electrons. The maximum Gasteiger partial charge on any atom is 0.231 e. The normalized spacial score (nSPS) is 18.1. The summed E-state index contributed by atoms with van der Waals surface area (Å²) in [7, 11) is 0. The van der Waals surface area contributed by atoms with E-state index < -0.39 is 0 Å². The molecule has 0 aliphatic heterocycles. The molecular formula is C16H21N3O. The van der Waals surface area contributed by atoms with Crippen LogP contribution in [0.15, 0.2) is 30.5 Å². The van der Waals surface area contributed by atoms with E-state index >= 15 is 0 Å². The smallest absolute Gasteiger partial charge is 0.231 e. The summed E-state index contributed by atoms with van der Waals surface area (Å²) in [5.74, 6) is 0.0783. The molecule has 0 spiro atoms. The number of carbonyl (C=O) groups is 1. The molecular weight excluding hydrogens is 250 g/mol. The predicted octanol–water partition coefficient (Wildman–Crippen LogP) is 3.02. The number of amides is 1. The molecule has 1 aliphatic rings. The third kappa shape index (κ3) is 2.31. The maximum atomic E-state index is 12.6. The van der Waals surface area contributed by atoms with E-state index in [1.807, 2.05) is 30.5 Å². The third-order valence-electron chi connectivity index (χ3n) is 4.49. The molecule has 4 N–H and O–H groups in total. The Kier molecular flexibility index (Phi) is 3.49. The van der Waals surface area contributed by atoms with Gasteiger partial charge < -0.3 is 16.0 Å². The molecule has 1 aromatic carbocycles. The second-order valence-electron chi connectivity index (χ2n) is 5.78. The van der Waals surface area contributed by atoms with Gasteiger partial charge in [0.15, 0.2) is 0 Å². The minimum atomic E-state index is -0.370. The molecule has 1 aromatic heterocycles. The van der Waals surface area contributed by atoms with Crippen molar-refractivity contribution >= 4 is 22.5 Å². The first-order chi connectivity index (χ1) is 9.73. The van der Waals surface area contributed by atoms with Crippen molar-refractivity contribution in [3.05, 3.63) is 30.5 Å². The van der Waals surface area contributed by atoms with Crippen LogP contribution in [0.25, 0.3) is 10.9 Å². The Labute approximate surface area is 118 Å². The number of benzene rings is 1. The molecule has 0 bridgehead atoms. The topological polar surface area (TPSA) is 70.9 Å². The van der Waals surface area contributed by atoms with E-state index in [0.29, 0.717) is 6.54 Å². The number of nitrogens with two attached hydrogens (primary N) is 1. The van der Waals surface area contributed by atoms with Crippen LogP contribution in [0.3, 0.4) is 0 Å². The van der Waals surface area contributed by atoms with E-state index in [1.165, 1.54) is 6.42 Å². The Morgan fingerprint density at radius 1 is 1.25 bits per heavy atom. The van der Waals surface area contributed by atoms with E-state index in [9.17, 15) is 4.79 Å². The molecule has 4 heteroatoms. The highest BCUT2D eigenvalue weighted by molar-refractivity contribution is 5.97. The number of aromatic nitrogens is 1. The molecule has 1 amide bonds. The molecule has 1 heterocycles. The van der Waals surface area contributed by atoms with Crippen molar-refractivity contribution in [3.63, 3.8) is 0 Å². The fourth-order valence-electron chi connectivity index (χ4n) is 3.15. The number of fused-ring (bicyclic) bond motifs is 1. The zero-order valence-electron chi connectivity index (χ0n) is 11.6. The molecule has 20 heavy (non-hydrogen) atoms. The van der Waals surface area contributed by atoms with Crippen LogP contribution in [0.5, 0.6) is 0 Å². The standard InChI is InChI=1S/C16H21N3O/c17-11-16(7-2-1-3-8-16)15(20)19-13-4-5-14-12(10-13)6-9-18-14/h4-6,9-10,18H,1-3,7-8,11,17H2,(H,19,20). The van der Waals surface area contributed by atoms with Crippen LogP contribution in [-0.4, -0.2) is 17.4 Å². The van der Waals surface area contributed by atoms with Crippen molar-refractivity contribution in [2.24, 2.45) is 11.1 Å². The van der Waals surface area contributed by atoms with Gasteiger partial charge in [-0.05, 0) is 37.1 Å². The number of carbonyl (C=O) groups excluding carboxylic acids is 1. The average molecular weight is 271 g/mol. The van der Waals surface area contributed by atoms with Crippen LogP contribution < -0.4 is 11.1 Å². The van der Waals surface area contributed by atoms with Crippen LogP contribution in [-0.2, 0) is 4.79 Å². The van der Waals surface area contributed by atoms with Crippen molar-refractivity contribution < 1.29 is 4.79 Å². The molecule has 4 nitrogen and oxygen atoms in total. The second kappa shape index (κ2) is 5.29. The number of rotatable bonds is 3. The molecule has 106 valence electrons. The molecule has 0 unspecified atom stereocenters. The summed E-state index contributed by atoms with van der Waals surface area (Å²) in [6.45, 7) is 0.436. The molecule has 0 atom stereocenters. The van der Waals surface area contributed by atoms with Gasteiger partial charge in [-0.1, -0.05) is 19.3 Å². The first kappa shape index (κ1) is 13.2. The molecule has 1 fully saturated rings. The van der Waals surface area contributed by atoms with Crippen LogP contribution >= 0.6 is 0 Å². The third-order valence-corrected chi connectivity index (χ3v) is 4.49. The number of anilines is 1. The first-order valence-electron chi connectivity index (χ1n) is 7.32. The van der Waals surface area contributed by atoms with Crippen molar-refractivity contribution in [3.8, 4) is 0 Å². The van der Waals surface area contributed by atoms with Gasteiger partial charge in [-0.25, -0.2) is 0 Å². The van der Waals surface area contributed by atoms with Gasteiger partial charge in [0.2, 0.25) is 5.91 Å². The predicted molar refractivity (Wildman–Crippen MR) is 81.5 cm³/mol. The van der Waals surface area contributed by atoms with Crippen molar-refractivity contribution in [1.82, 2.24) is 4.98 Å². The highest BCUT2D eigenvalue weighted by atomic mass is 16.2. The highest BCUT2D eigenvalue weighted by Gasteiger charge is 2.38. The number of H-pyrrole nitrogens is 1. The van der Waals surface area contributed by atoms with Gasteiger partial charge in [-0.3, -0.25) is 4.79 Å². The molecule has 1 aliphatic carbocycles. The summed E-state index contributed by atoms with van der Waals surface area (Å²) in [5, 5.41) is 4.16. The highest BCUT2D eigenvalue weighted by Crippen LogP contribution is 2.36. The molecule has 0 saturated heterocycles. The Morgan fingerprint density at radius 3 is 2.80 bits per heavy atom. The van der Waals surface area contributed by atoms with Gasteiger partial charge in [0.1, 0.15) is 0 Å². The summed E-state index contributed by atoms with van der Waals surface area (Å²) in [4.78, 5) is 15.7. The molecule has 2 aromatic rings. The van der Waals surface area contributed by atoms with E-state index in [0.717, 1.165) is 42.3 Å². The molecule has 1 saturated carbocycles. The van der Waals surface area contributed by atoms with Gasteiger partial charge >= 0.3 is 0 Å². The number of nitrogens with one attached hydrogen (secondary N) is 2. The van der Waals surface area contributed by atoms with Gasteiger partial charge in [-0.2, -0.15) is 0 Å². The zero-order chi connectivity index (χ0) is 14.0. The van der Waals surface area contributed by atoms with Gasteiger partial charge in [0, 0.05) is 29.3 Å². The lowest BCUT2D eigenvalue weighted by Gasteiger charge is -2.34. The summed E-state index contributed by atoms with van der Waals surface area (Å²) >= 11 is 0. The van der Waals surface area contributed by atoms with E-state index in [4.69, 9.17) is 5.73 Å². The summed E-state index contributed by atoms with van der Waals surface area (Å²) in [6.07, 6.45) is 7.12. The zero-order valence-corrected chi connectivity index (χ0v) is 11.6. The summed E-state index contributed by atoms with van der Waals surface area (Å²) in [5.41, 5.74) is 7.46. The Bertz CT molecular complexity index is 611. The Balaban J connectivity index is 1.80. The van der Waals surface area contributed by atoms with E-state index in [1.54, 1.807) is 0 Å². The second-order valence-corrected chi connectivity index (χ2v) is 5.78. The van der Waals surface area contributed by atoms with Crippen LogP contribution in [0.4, 0.5) is 5.69 Å². The van der Waals surface area contributed by atoms with Crippen molar-refractivity contribution in [2.45, 2.75) is 32.1 Å². The summed E-state index contributed by atoms with van der Waals surface area (Å²) < 4.78 is 0. The monoisotopic (exact) mass is 271 g/mol. The van der Waals surface area contributed by atoms with Crippen LogP contribution in [0.2, 0.25) is 0 Å². The SMILES string of the molecule is NCC1(C(=O)Nc2ccc3[nH]ccc3c2)CCCCC1. The minimum absolute atomic E-state index is 0.0783. The fourth-order valence-corrected chi connectivity index (χ4v) is 3.15. The Morgan fingerprint density at radius 2 is 2.05 bits per heavy atom. The number of hydrogen-bond acceptors (Lipinski definition) is 2.